The molecule has 0 atom stereocenters. The zero-order valence-electron chi connectivity index (χ0n) is 13.3. The lowest BCUT2D eigenvalue weighted by Crippen LogP contribution is -2.16. The van der Waals surface area contributed by atoms with Gasteiger partial charge in [-0.3, -0.25) is 9.36 Å². The average molecular weight is 310 g/mol. The SMILES string of the molecule is Cc1ccccc1C(=O)Nc1ccc2c(c1)oc(=O)n2C(C)C. The number of benzene rings is 2. The summed E-state index contributed by atoms with van der Waals surface area (Å²) in [7, 11) is 0. The molecule has 23 heavy (non-hydrogen) atoms. The number of carbonyl (C=O) groups excluding carboxylic acids is 1. The van der Waals surface area contributed by atoms with E-state index in [0.29, 0.717) is 16.8 Å². The Morgan fingerprint density at radius 2 is 1.91 bits per heavy atom. The fraction of sp³-hybridized carbons (Fsp3) is 0.222. The predicted molar refractivity (Wildman–Crippen MR) is 90.0 cm³/mol. The number of nitrogens with zero attached hydrogens (tertiary/aromatic N) is 1. The van der Waals surface area contributed by atoms with Crippen molar-refractivity contribution in [2.45, 2.75) is 26.8 Å². The van der Waals surface area contributed by atoms with Crippen molar-refractivity contribution < 1.29 is 9.21 Å². The van der Waals surface area contributed by atoms with Gasteiger partial charge in [0.1, 0.15) is 0 Å². The van der Waals surface area contributed by atoms with Gasteiger partial charge in [-0.15, -0.1) is 0 Å². The highest BCUT2D eigenvalue weighted by Crippen LogP contribution is 2.21. The number of anilines is 1. The third-order valence-electron chi connectivity index (χ3n) is 3.78. The lowest BCUT2D eigenvalue weighted by atomic mass is 10.1. The van der Waals surface area contributed by atoms with E-state index in [1.54, 1.807) is 28.8 Å². The van der Waals surface area contributed by atoms with E-state index in [4.69, 9.17) is 4.42 Å². The number of aromatic nitrogens is 1. The van der Waals surface area contributed by atoms with Gasteiger partial charge in [0.25, 0.3) is 5.91 Å². The number of carbonyl (C=O) groups is 1. The highest BCUT2D eigenvalue weighted by Gasteiger charge is 2.14. The molecule has 5 nitrogen and oxygen atoms in total. The first kappa shape index (κ1) is 15.1. The molecule has 118 valence electrons. The topological polar surface area (TPSA) is 64.2 Å². The van der Waals surface area contributed by atoms with Crippen LogP contribution in [0.1, 0.15) is 35.8 Å². The Hall–Kier alpha value is -2.82. The first-order valence-electron chi connectivity index (χ1n) is 7.49. The molecule has 1 heterocycles. The summed E-state index contributed by atoms with van der Waals surface area (Å²) in [5, 5.41) is 2.84. The van der Waals surface area contributed by atoms with Crippen molar-refractivity contribution in [1.29, 1.82) is 0 Å². The van der Waals surface area contributed by atoms with E-state index >= 15 is 0 Å². The summed E-state index contributed by atoms with van der Waals surface area (Å²) in [5.41, 5.74) is 3.30. The lowest BCUT2D eigenvalue weighted by Gasteiger charge is -2.08. The number of hydrogen-bond donors (Lipinski definition) is 1. The van der Waals surface area contributed by atoms with Crippen molar-refractivity contribution in [1.82, 2.24) is 4.57 Å². The minimum Gasteiger partial charge on any atom is -0.408 e. The molecule has 0 radical (unpaired) electrons. The molecular formula is C18H18N2O3. The zero-order valence-corrected chi connectivity index (χ0v) is 13.3. The average Bonchev–Trinajstić information content (AvgIpc) is 2.82. The molecule has 0 aliphatic carbocycles. The van der Waals surface area contributed by atoms with E-state index < -0.39 is 5.76 Å². The van der Waals surface area contributed by atoms with Gasteiger partial charge in [-0.25, -0.2) is 4.79 Å². The number of hydrogen-bond acceptors (Lipinski definition) is 3. The van der Waals surface area contributed by atoms with Crippen LogP contribution in [0, 0.1) is 6.92 Å². The Labute approximate surface area is 133 Å². The maximum atomic E-state index is 12.3. The number of rotatable bonds is 3. The summed E-state index contributed by atoms with van der Waals surface area (Å²) in [4.78, 5) is 24.2. The second-order valence-electron chi connectivity index (χ2n) is 5.78. The predicted octanol–water partition coefficient (Wildman–Crippen LogP) is 3.74. The number of aryl methyl sites for hydroxylation is 1. The van der Waals surface area contributed by atoms with Crippen LogP contribution in [-0.2, 0) is 0 Å². The van der Waals surface area contributed by atoms with Crippen molar-refractivity contribution in [3.05, 3.63) is 64.1 Å². The molecule has 0 spiro atoms. The monoisotopic (exact) mass is 310 g/mol. The van der Waals surface area contributed by atoms with Gasteiger partial charge >= 0.3 is 5.76 Å². The van der Waals surface area contributed by atoms with Crippen molar-refractivity contribution >= 4 is 22.7 Å². The Kier molecular flexibility index (Phi) is 3.78. The molecule has 0 aliphatic heterocycles. The van der Waals surface area contributed by atoms with Crippen molar-refractivity contribution in [2.24, 2.45) is 0 Å². The third kappa shape index (κ3) is 2.77. The van der Waals surface area contributed by atoms with Crippen molar-refractivity contribution in [3.63, 3.8) is 0 Å². The molecule has 0 unspecified atom stereocenters. The van der Waals surface area contributed by atoms with Crippen LogP contribution >= 0.6 is 0 Å². The maximum Gasteiger partial charge on any atom is 0.420 e. The molecule has 2 aromatic carbocycles. The van der Waals surface area contributed by atoms with Crippen LogP contribution in [-0.4, -0.2) is 10.5 Å². The Morgan fingerprint density at radius 3 is 2.61 bits per heavy atom. The molecule has 1 N–H and O–H groups in total. The summed E-state index contributed by atoms with van der Waals surface area (Å²) in [6, 6.07) is 12.6. The van der Waals surface area contributed by atoms with E-state index in [-0.39, 0.29) is 11.9 Å². The summed E-state index contributed by atoms with van der Waals surface area (Å²) in [5.74, 6) is -0.578. The number of fused-ring (bicyclic) bond motifs is 1. The standard InChI is InChI=1S/C18H18N2O3/c1-11(2)20-15-9-8-13(10-16(15)23-18(20)22)19-17(21)14-7-5-4-6-12(14)3/h4-11H,1-3H3,(H,19,21). The second-order valence-corrected chi connectivity index (χ2v) is 5.78. The Bertz CT molecular complexity index is 935. The minimum atomic E-state index is -0.391. The highest BCUT2D eigenvalue weighted by atomic mass is 16.4. The molecular weight excluding hydrogens is 292 g/mol. The zero-order chi connectivity index (χ0) is 16.6. The van der Waals surface area contributed by atoms with Crippen LogP contribution in [0.4, 0.5) is 5.69 Å². The molecule has 5 heteroatoms. The van der Waals surface area contributed by atoms with Gasteiger partial charge in [0, 0.05) is 23.4 Å². The number of amides is 1. The summed E-state index contributed by atoms with van der Waals surface area (Å²) in [6.45, 7) is 5.73. The molecule has 0 bridgehead atoms. The van der Waals surface area contributed by atoms with Gasteiger partial charge in [0.2, 0.25) is 0 Å². The van der Waals surface area contributed by atoms with E-state index in [2.05, 4.69) is 5.32 Å². The van der Waals surface area contributed by atoms with Crippen LogP contribution < -0.4 is 11.1 Å². The maximum absolute atomic E-state index is 12.3. The summed E-state index contributed by atoms with van der Waals surface area (Å²) >= 11 is 0. The van der Waals surface area contributed by atoms with Gasteiger partial charge < -0.3 is 9.73 Å². The van der Waals surface area contributed by atoms with Crippen LogP contribution in [0.15, 0.2) is 51.7 Å². The van der Waals surface area contributed by atoms with Gasteiger partial charge in [0.15, 0.2) is 5.58 Å². The molecule has 1 aromatic heterocycles. The molecule has 0 saturated heterocycles. The molecule has 1 amide bonds. The van der Waals surface area contributed by atoms with E-state index in [1.165, 1.54) is 0 Å². The number of oxazole rings is 1. The molecule has 0 saturated carbocycles. The fourth-order valence-electron chi connectivity index (χ4n) is 2.63. The normalized spacial score (nSPS) is 11.1. The van der Waals surface area contributed by atoms with Crippen LogP contribution in [0.2, 0.25) is 0 Å². The van der Waals surface area contributed by atoms with Gasteiger partial charge in [0.05, 0.1) is 5.52 Å². The smallest absolute Gasteiger partial charge is 0.408 e. The molecule has 0 fully saturated rings. The number of nitrogens with one attached hydrogen (secondary N) is 1. The molecule has 3 rings (SSSR count). The van der Waals surface area contributed by atoms with Crippen molar-refractivity contribution in [2.75, 3.05) is 5.32 Å². The quantitative estimate of drug-likeness (QED) is 0.801. The van der Waals surface area contributed by atoms with Crippen molar-refractivity contribution in [3.8, 4) is 0 Å². The molecule has 3 aromatic rings. The van der Waals surface area contributed by atoms with Gasteiger partial charge in [-0.2, -0.15) is 0 Å². The van der Waals surface area contributed by atoms with Crippen LogP contribution in [0.25, 0.3) is 11.1 Å². The lowest BCUT2D eigenvalue weighted by molar-refractivity contribution is 0.102. The first-order valence-corrected chi connectivity index (χ1v) is 7.49. The second kappa shape index (κ2) is 5.76. The fourth-order valence-corrected chi connectivity index (χ4v) is 2.63. The van der Waals surface area contributed by atoms with Crippen LogP contribution in [0.5, 0.6) is 0 Å². The largest absolute Gasteiger partial charge is 0.420 e. The van der Waals surface area contributed by atoms with Gasteiger partial charge in [-0.1, -0.05) is 18.2 Å². The van der Waals surface area contributed by atoms with E-state index in [0.717, 1.165) is 11.1 Å². The minimum absolute atomic E-state index is 0.0103. The molecule has 0 aliphatic rings. The van der Waals surface area contributed by atoms with E-state index in [9.17, 15) is 9.59 Å². The summed E-state index contributed by atoms with van der Waals surface area (Å²) in [6.07, 6.45) is 0. The van der Waals surface area contributed by atoms with Crippen LogP contribution in [0.3, 0.4) is 0 Å². The summed E-state index contributed by atoms with van der Waals surface area (Å²) < 4.78 is 6.85. The Balaban J connectivity index is 1.94. The first-order chi connectivity index (χ1) is 11.0. The highest BCUT2D eigenvalue weighted by molar-refractivity contribution is 6.05. The Morgan fingerprint density at radius 1 is 1.17 bits per heavy atom. The van der Waals surface area contributed by atoms with E-state index in [1.807, 2.05) is 39.0 Å². The third-order valence-corrected chi connectivity index (χ3v) is 3.78. The van der Waals surface area contributed by atoms with Gasteiger partial charge in [-0.05, 0) is 44.5 Å².